The number of benzene rings is 2. The molecule has 0 fully saturated rings. The second-order valence-corrected chi connectivity index (χ2v) is 6.14. The number of rotatable bonds is 4. The van der Waals surface area contributed by atoms with Crippen molar-refractivity contribution < 1.29 is 4.74 Å². The predicted molar refractivity (Wildman–Crippen MR) is 99.6 cm³/mol. The Morgan fingerprint density at radius 1 is 1.16 bits per heavy atom. The number of nitrogens with one attached hydrogen (secondary N) is 3. The molecule has 2 aromatic carbocycles. The number of halogens is 1. The maximum Gasteiger partial charge on any atom is 0.253 e. The fourth-order valence-corrected chi connectivity index (χ4v) is 2.99. The summed E-state index contributed by atoms with van der Waals surface area (Å²) in [5.74, 6) is 0.560. The number of anilines is 1. The van der Waals surface area contributed by atoms with E-state index in [0.29, 0.717) is 23.0 Å². The summed E-state index contributed by atoms with van der Waals surface area (Å²) in [5, 5.41) is 12.7. The molecule has 2 aromatic heterocycles. The molecule has 25 heavy (non-hydrogen) atoms. The van der Waals surface area contributed by atoms with E-state index in [1.165, 1.54) is 0 Å². The van der Waals surface area contributed by atoms with E-state index in [1.807, 2.05) is 30.3 Å². The smallest absolute Gasteiger partial charge is 0.253 e. The molecule has 0 spiro atoms. The van der Waals surface area contributed by atoms with Gasteiger partial charge in [-0.1, -0.05) is 11.6 Å². The molecule has 0 atom stereocenters. The molecule has 2 heterocycles. The van der Waals surface area contributed by atoms with Crippen molar-refractivity contribution in [3.05, 3.63) is 63.4 Å². The van der Waals surface area contributed by atoms with Gasteiger partial charge in [0.1, 0.15) is 0 Å². The molecule has 3 N–H and O–H groups in total. The van der Waals surface area contributed by atoms with Gasteiger partial charge in [0, 0.05) is 33.7 Å². The molecule has 4 rings (SSSR count). The van der Waals surface area contributed by atoms with E-state index < -0.39 is 0 Å². The molecule has 0 bridgehead atoms. The quantitative estimate of drug-likeness (QED) is 0.522. The first-order valence-electron chi connectivity index (χ1n) is 7.71. The lowest BCUT2D eigenvalue weighted by molar-refractivity contribution is 0.401. The van der Waals surface area contributed by atoms with Gasteiger partial charge in [-0.3, -0.25) is 9.89 Å². The molecule has 0 unspecified atom stereocenters. The number of hydrogen-bond acceptors (Lipinski definition) is 4. The van der Waals surface area contributed by atoms with Crippen LogP contribution in [0.5, 0.6) is 5.88 Å². The van der Waals surface area contributed by atoms with Crippen molar-refractivity contribution in [1.29, 1.82) is 0 Å². The summed E-state index contributed by atoms with van der Waals surface area (Å²) in [6.45, 7) is 0.397. The second-order valence-electron chi connectivity index (χ2n) is 5.70. The molecule has 0 saturated heterocycles. The monoisotopic (exact) mass is 354 g/mol. The van der Waals surface area contributed by atoms with Gasteiger partial charge in [0.05, 0.1) is 18.0 Å². The van der Waals surface area contributed by atoms with Crippen LogP contribution in [0.15, 0.2) is 47.3 Å². The average Bonchev–Trinajstić information content (AvgIpc) is 3.02. The van der Waals surface area contributed by atoms with E-state index in [2.05, 4.69) is 20.5 Å². The van der Waals surface area contributed by atoms with Crippen LogP contribution < -0.4 is 15.6 Å². The van der Waals surface area contributed by atoms with Crippen molar-refractivity contribution in [3.8, 4) is 5.88 Å². The zero-order valence-corrected chi connectivity index (χ0v) is 14.1. The van der Waals surface area contributed by atoms with E-state index in [1.54, 1.807) is 19.2 Å². The summed E-state index contributed by atoms with van der Waals surface area (Å²) < 4.78 is 5.18. The van der Waals surface area contributed by atoms with E-state index >= 15 is 0 Å². The first-order valence-corrected chi connectivity index (χ1v) is 8.09. The third kappa shape index (κ3) is 2.92. The standard InChI is InChI=1S/C18H15ClN4O2/c1-25-18-14-4-3-13(8-16(14)22-23-18)20-9-11-6-10-7-12(19)2-5-15(10)21-17(11)24/h2-8,20H,9H2,1H3,(H,21,24)(H,22,23). The maximum atomic E-state index is 12.2. The van der Waals surface area contributed by atoms with Crippen LogP contribution in [0.2, 0.25) is 5.02 Å². The minimum Gasteiger partial charge on any atom is -0.480 e. The third-order valence-electron chi connectivity index (χ3n) is 4.09. The Balaban J connectivity index is 1.61. The molecule has 0 radical (unpaired) electrons. The zero-order valence-electron chi connectivity index (χ0n) is 13.4. The highest BCUT2D eigenvalue weighted by Gasteiger charge is 2.07. The fourth-order valence-electron chi connectivity index (χ4n) is 2.81. The topological polar surface area (TPSA) is 82.8 Å². The van der Waals surface area contributed by atoms with Crippen molar-refractivity contribution in [2.75, 3.05) is 12.4 Å². The molecule has 7 heteroatoms. The lowest BCUT2D eigenvalue weighted by Crippen LogP contribution is -2.15. The van der Waals surface area contributed by atoms with Gasteiger partial charge in [0.2, 0.25) is 5.88 Å². The number of aromatic amines is 2. The lowest BCUT2D eigenvalue weighted by Gasteiger charge is -2.07. The first-order chi connectivity index (χ1) is 12.1. The molecule has 6 nitrogen and oxygen atoms in total. The number of fused-ring (bicyclic) bond motifs is 2. The van der Waals surface area contributed by atoms with Gasteiger partial charge < -0.3 is 15.0 Å². The van der Waals surface area contributed by atoms with E-state index in [9.17, 15) is 4.79 Å². The van der Waals surface area contributed by atoms with Gasteiger partial charge in [-0.25, -0.2) is 0 Å². The van der Waals surface area contributed by atoms with Gasteiger partial charge in [0.15, 0.2) is 0 Å². The summed E-state index contributed by atoms with van der Waals surface area (Å²) in [6, 6.07) is 13.0. The number of ether oxygens (including phenoxy) is 1. The molecular weight excluding hydrogens is 340 g/mol. The van der Waals surface area contributed by atoms with Gasteiger partial charge in [-0.2, -0.15) is 0 Å². The number of H-pyrrole nitrogens is 2. The number of aromatic nitrogens is 3. The normalized spacial score (nSPS) is 11.1. The molecule has 126 valence electrons. The molecule has 0 aliphatic carbocycles. The third-order valence-corrected chi connectivity index (χ3v) is 4.32. The molecular formula is C18H15ClN4O2. The van der Waals surface area contributed by atoms with Crippen LogP contribution in [0.3, 0.4) is 0 Å². The highest BCUT2D eigenvalue weighted by atomic mass is 35.5. The fraction of sp³-hybridized carbons (Fsp3) is 0.111. The Hall–Kier alpha value is -2.99. The maximum absolute atomic E-state index is 12.2. The summed E-state index contributed by atoms with van der Waals surface area (Å²) in [4.78, 5) is 15.1. The van der Waals surface area contributed by atoms with Crippen molar-refractivity contribution in [2.24, 2.45) is 0 Å². The molecule has 0 amide bonds. The molecule has 0 aliphatic rings. The Bertz CT molecular complexity index is 1130. The number of hydrogen-bond donors (Lipinski definition) is 3. The van der Waals surface area contributed by atoms with Crippen LogP contribution in [-0.4, -0.2) is 22.3 Å². The first kappa shape index (κ1) is 15.5. The SMILES string of the molecule is COc1n[nH]c2cc(NCc3cc4cc(Cl)ccc4[nH]c3=O)ccc12. The Morgan fingerprint density at radius 3 is 2.88 bits per heavy atom. The Morgan fingerprint density at radius 2 is 2.04 bits per heavy atom. The molecule has 4 aromatic rings. The molecule has 0 aliphatic heterocycles. The van der Waals surface area contributed by atoms with E-state index in [-0.39, 0.29) is 5.56 Å². The van der Waals surface area contributed by atoms with Crippen LogP contribution in [-0.2, 0) is 6.54 Å². The van der Waals surface area contributed by atoms with Crippen molar-refractivity contribution in [3.63, 3.8) is 0 Å². The van der Waals surface area contributed by atoms with Crippen molar-refractivity contribution in [2.45, 2.75) is 6.54 Å². The minimum absolute atomic E-state index is 0.119. The van der Waals surface area contributed by atoms with Crippen molar-refractivity contribution in [1.82, 2.24) is 15.2 Å². The van der Waals surface area contributed by atoms with Crippen LogP contribution >= 0.6 is 11.6 Å². The number of nitrogens with zero attached hydrogens (tertiary/aromatic N) is 1. The van der Waals surface area contributed by atoms with Gasteiger partial charge in [0.25, 0.3) is 5.56 Å². The van der Waals surface area contributed by atoms with Crippen LogP contribution in [0, 0.1) is 0 Å². The summed E-state index contributed by atoms with van der Waals surface area (Å²) >= 11 is 6.03. The van der Waals surface area contributed by atoms with Gasteiger partial charge >= 0.3 is 0 Å². The van der Waals surface area contributed by atoms with Gasteiger partial charge in [-0.05, 0) is 42.5 Å². The highest BCUT2D eigenvalue weighted by Crippen LogP contribution is 2.25. The summed E-state index contributed by atoms with van der Waals surface area (Å²) in [6.07, 6.45) is 0. The summed E-state index contributed by atoms with van der Waals surface area (Å²) in [5.41, 5.74) is 3.03. The second kappa shape index (κ2) is 6.14. The Labute approximate surface area is 147 Å². The largest absolute Gasteiger partial charge is 0.480 e. The summed E-state index contributed by atoms with van der Waals surface area (Å²) in [7, 11) is 1.58. The average molecular weight is 355 g/mol. The van der Waals surface area contributed by atoms with Crippen molar-refractivity contribution >= 4 is 39.1 Å². The Kier molecular flexibility index (Phi) is 3.82. The lowest BCUT2D eigenvalue weighted by atomic mass is 10.1. The van der Waals surface area contributed by atoms with Crippen LogP contribution in [0.1, 0.15) is 5.56 Å². The highest BCUT2D eigenvalue weighted by molar-refractivity contribution is 6.31. The zero-order chi connectivity index (χ0) is 17.4. The van der Waals surface area contributed by atoms with Crippen LogP contribution in [0.4, 0.5) is 5.69 Å². The minimum atomic E-state index is -0.119. The number of methoxy groups -OCH3 is 1. The number of pyridine rings is 1. The van der Waals surface area contributed by atoms with Gasteiger partial charge in [-0.15, -0.1) is 5.10 Å². The van der Waals surface area contributed by atoms with E-state index in [4.69, 9.17) is 16.3 Å². The van der Waals surface area contributed by atoms with Crippen LogP contribution in [0.25, 0.3) is 21.8 Å². The predicted octanol–water partition coefficient (Wildman–Crippen LogP) is 3.68. The molecule has 0 saturated carbocycles. The van der Waals surface area contributed by atoms with E-state index in [0.717, 1.165) is 27.5 Å².